The first-order chi connectivity index (χ1) is 10.2. The fourth-order valence-corrected chi connectivity index (χ4v) is 2.48. The quantitative estimate of drug-likeness (QED) is 0.796. The molecule has 1 unspecified atom stereocenters. The van der Waals surface area contributed by atoms with Gasteiger partial charge in [0.05, 0.1) is 30.9 Å². The van der Waals surface area contributed by atoms with Gasteiger partial charge in [-0.05, 0) is 30.7 Å². The summed E-state index contributed by atoms with van der Waals surface area (Å²) in [6, 6.07) is 5.33. The number of nitrogens with zero attached hydrogens (tertiary/aromatic N) is 1. The number of H-pyrrole nitrogens is 1. The zero-order valence-corrected chi connectivity index (χ0v) is 12.1. The van der Waals surface area contributed by atoms with E-state index in [4.69, 9.17) is 4.74 Å². The second-order valence-corrected chi connectivity index (χ2v) is 5.14. The Kier molecular flexibility index (Phi) is 3.62. The lowest BCUT2D eigenvalue weighted by atomic mass is 10.0. The number of hydrogen-bond donors (Lipinski definition) is 3. The summed E-state index contributed by atoms with van der Waals surface area (Å²) in [5.41, 5.74) is 3.79. The Balaban J connectivity index is 1.70. The highest BCUT2D eigenvalue weighted by molar-refractivity contribution is 5.95. The SMILES string of the molecule is COc1ccc(NC(=O)C2Cc3nc[nH]c3CN2)c(C)c1. The summed E-state index contributed by atoms with van der Waals surface area (Å²) in [4.78, 5) is 19.7. The average Bonchev–Trinajstić information content (AvgIpc) is 2.96. The standard InChI is InChI=1S/C15H18N4O2/c1-9-5-10(21-2)3-4-11(9)19-15(20)13-6-12-14(7-16-13)18-8-17-12/h3-5,8,13,16H,6-7H2,1-2H3,(H,17,18)(H,19,20). The molecule has 1 aliphatic heterocycles. The van der Waals surface area contributed by atoms with Crippen molar-refractivity contribution in [2.24, 2.45) is 0 Å². The topological polar surface area (TPSA) is 79.0 Å². The van der Waals surface area contributed by atoms with Gasteiger partial charge in [0.1, 0.15) is 5.75 Å². The fourth-order valence-electron chi connectivity index (χ4n) is 2.48. The maximum Gasteiger partial charge on any atom is 0.241 e. The zero-order chi connectivity index (χ0) is 14.8. The van der Waals surface area contributed by atoms with Gasteiger partial charge >= 0.3 is 0 Å². The van der Waals surface area contributed by atoms with E-state index >= 15 is 0 Å². The number of carbonyl (C=O) groups excluding carboxylic acids is 1. The molecule has 0 radical (unpaired) electrons. The van der Waals surface area contributed by atoms with Crippen molar-refractivity contribution >= 4 is 11.6 Å². The molecule has 1 aliphatic rings. The number of aromatic amines is 1. The number of benzene rings is 1. The molecule has 0 aliphatic carbocycles. The Morgan fingerprint density at radius 1 is 1.48 bits per heavy atom. The van der Waals surface area contributed by atoms with Gasteiger partial charge in [0.15, 0.2) is 0 Å². The maximum absolute atomic E-state index is 12.4. The van der Waals surface area contributed by atoms with Crippen LogP contribution in [0.2, 0.25) is 0 Å². The number of aryl methyl sites for hydroxylation is 1. The largest absolute Gasteiger partial charge is 0.497 e. The Morgan fingerprint density at radius 2 is 2.33 bits per heavy atom. The normalized spacial score (nSPS) is 17.1. The highest BCUT2D eigenvalue weighted by atomic mass is 16.5. The third-order valence-electron chi connectivity index (χ3n) is 3.74. The zero-order valence-electron chi connectivity index (χ0n) is 12.1. The smallest absolute Gasteiger partial charge is 0.241 e. The molecule has 0 saturated carbocycles. The highest BCUT2D eigenvalue weighted by Gasteiger charge is 2.25. The van der Waals surface area contributed by atoms with Gasteiger partial charge in [-0.1, -0.05) is 0 Å². The molecule has 3 N–H and O–H groups in total. The molecule has 6 nitrogen and oxygen atoms in total. The lowest BCUT2D eigenvalue weighted by Crippen LogP contribution is -2.44. The van der Waals surface area contributed by atoms with Crippen LogP contribution in [-0.4, -0.2) is 29.0 Å². The van der Waals surface area contributed by atoms with E-state index in [0.717, 1.165) is 28.4 Å². The average molecular weight is 286 g/mol. The first-order valence-electron chi connectivity index (χ1n) is 6.87. The molecule has 1 amide bonds. The number of ether oxygens (including phenoxy) is 1. The Labute approximate surface area is 122 Å². The number of hydrogen-bond acceptors (Lipinski definition) is 4. The Morgan fingerprint density at radius 3 is 3.10 bits per heavy atom. The minimum absolute atomic E-state index is 0.0445. The van der Waals surface area contributed by atoms with Crippen LogP contribution in [0.5, 0.6) is 5.75 Å². The monoisotopic (exact) mass is 286 g/mol. The van der Waals surface area contributed by atoms with E-state index in [1.165, 1.54) is 0 Å². The summed E-state index contributed by atoms with van der Waals surface area (Å²) < 4.78 is 5.16. The third kappa shape index (κ3) is 2.75. The second kappa shape index (κ2) is 5.57. The molecule has 0 saturated heterocycles. The summed E-state index contributed by atoms with van der Waals surface area (Å²) in [5.74, 6) is 0.736. The van der Waals surface area contributed by atoms with Gasteiger partial charge in [0.2, 0.25) is 5.91 Å². The van der Waals surface area contributed by atoms with Crippen molar-refractivity contribution in [3.8, 4) is 5.75 Å². The van der Waals surface area contributed by atoms with Crippen molar-refractivity contribution in [1.29, 1.82) is 0 Å². The highest BCUT2D eigenvalue weighted by Crippen LogP contribution is 2.22. The molecule has 3 rings (SSSR count). The summed E-state index contributed by atoms with van der Waals surface area (Å²) in [6.07, 6.45) is 2.26. The predicted molar refractivity (Wildman–Crippen MR) is 79.3 cm³/mol. The number of anilines is 1. The molecule has 2 heterocycles. The van der Waals surface area contributed by atoms with Gasteiger partial charge in [0.25, 0.3) is 0 Å². The summed E-state index contributed by atoms with van der Waals surface area (Å²) >= 11 is 0. The molecular weight excluding hydrogens is 268 g/mol. The number of amides is 1. The summed E-state index contributed by atoms with van der Waals surface area (Å²) in [7, 11) is 1.63. The molecule has 6 heteroatoms. The van der Waals surface area contributed by atoms with Crippen LogP contribution in [-0.2, 0) is 17.8 Å². The molecule has 1 aromatic heterocycles. The van der Waals surface area contributed by atoms with Crippen LogP contribution in [0.15, 0.2) is 24.5 Å². The Hall–Kier alpha value is -2.34. The van der Waals surface area contributed by atoms with E-state index in [1.54, 1.807) is 13.4 Å². The van der Waals surface area contributed by atoms with Crippen molar-refractivity contribution in [3.63, 3.8) is 0 Å². The molecule has 0 spiro atoms. The van der Waals surface area contributed by atoms with Crippen LogP contribution < -0.4 is 15.4 Å². The lowest BCUT2D eigenvalue weighted by molar-refractivity contribution is -0.118. The predicted octanol–water partition coefficient (Wildman–Crippen LogP) is 1.38. The maximum atomic E-state index is 12.4. The van der Waals surface area contributed by atoms with E-state index in [2.05, 4.69) is 20.6 Å². The fraction of sp³-hybridized carbons (Fsp3) is 0.333. The molecule has 110 valence electrons. The van der Waals surface area contributed by atoms with Crippen molar-refractivity contribution in [2.75, 3.05) is 12.4 Å². The molecular formula is C15H18N4O2. The van der Waals surface area contributed by atoms with E-state index in [9.17, 15) is 4.79 Å². The van der Waals surface area contributed by atoms with Gasteiger partial charge < -0.3 is 15.0 Å². The number of methoxy groups -OCH3 is 1. The third-order valence-corrected chi connectivity index (χ3v) is 3.74. The van der Waals surface area contributed by atoms with Crippen LogP contribution in [0.1, 0.15) is 17.0 Å². The summed E-state index contributed by atoms with van der Waals surface area (Å²) in [5, 5.41) is 6.17. The van der Waals surface area contributed by atoms with Crippen LogP contribution in [0, 0.1) is 6.92 Å². The summed E-state index contributed by atoms with van der Waals surface area (Å²) in [6.45, 7) is 2.58. The van der Waals surface area contributed by atoms with Gasteiger partial charge in [0, 0.05) is 18.7 Å². The number of aromatic nitrogens is 2. The molecule has 0 bridgehead atoms. The van der Waals surface area contributed by atoms with Gasteiger partial charge in [-0.2, -0.15) is 0 Å². The van der Waals surface area contributed by atoms with Crippen molar-refractivity contribution in [1.82, 2.24) is 15.3 Å². The number of nitrogens with one attached hydrogen (secondary N) is 3. The minimum atomic E-state index is -0.262. The number of carbonyl (C=O) groups is 1. The molecule has 2 aromatic rings. The van der Waals surface area contributed by atoms with Crippen molar-refractivity contribution in [2.45, 2.75) is 25.9 Å². The number of rotatable bonds is 3. The number of imidazole rings is 1. The lowest BCUT2D eigenvalue weighted by Gasteiger charge is -2.22. The van der Waals surface area contributed by atoms with Crippen molar-refractivity contribution < 1.29 is 9.53 Å². The molecule has 1 atom stereocenters. The van der Waals surface area contributed by atoms with Gasteiger partial charge in [-0.15, -0.1) is 0 Å². The second-order valence-electron chi connectivity index (χ2n) is 5.14. The Bertz CT molecular complexity index is 665. The van der Waals surface area contributed by atoms with E-state index in [1.807, 2.05) is 25.1 Å². The first kappa shape index (κ1) is 13.6. The van der Waals surface area contributed by atoms with E-state index < -0.39 is 0 Å². The van der Waals surface area contributed by atoms with Crippen LogP contribution in [0.4, 0.5) is 5.69 Å². The van der Waals surface area contributed by atoms with Crippen LogP contribution >= 0.6 is 0 Å². The molecule has 21 heavy (non-hydrogen) atoms. The minimum Gasteiger partial charge on any atom is -0.497 e. The van der Waals surface area contributed by atoms with E-state index in [0.29, 0.717) is 13.0 Å². The van der Waals surface area contributed by atoms with E-state index in [-0.39, 0.29) is 11.9 Å². The molecule has 1 aromatic carbocycles. The van der Waals surface area contributed by atoms with Crippen LogP contribution in [0.3, 0.4) is 0 Å². The molecule has 0 fully saturated rings. The number of fused-ring (bicyclic) bond motifs is 1. The van der Waals surface area contributed by atoms with Crippen molar-refractivity contribution in [3.05, 3.63) is 41.5 Å². The first-order valence-corrected chi connectivity index (χ1v) is 6.87. The van der Waals surface area contributed by atoms with Crippen LogP contribution in [0.25, 0.3) is 0 Å². The van der Waals surface area contributed by atoms with Gasteiger partial charge in [-0.3, -0.25) is 10.1 Å². The van der Waals surface area contributed by atoms with Gasteiger partial charge in [-0.25, -0.2) is 4.98 Å².